The second-order valence-corrected chi connectivity index (χ2v) is 5.58. The molecular formula is C15H20Cl2N2O3. The molecule has 2 N–H and O–H groups in total. The monoisotopic (exact) mass is 346 g/mol. The van der Waals surface area contributed by atoms with Gasteiger partial charge in [-0.05, 0) is 17.7 Å². The summed E-state index contributed by atoms with van der Waals surface area (Å²) in [6.45, 7) is 2.68. The number of benzene rings is 1. The normalized spacial score (nSPS) is 11.8. The lowest BCUT2D eigenvalue weighted by atomic mass is 10.1. The van der Waals surface area contributed by atoms with E-state index in [1.165, 1.54) is 6.92 Å². The molecule has 1 aromatic carbocycles. The van der Waals surface area contributed by atoms with Crippen molar-refractivity contribution in [2.24, 2.45) is 0 Å². The molecule has 0 saturated heterocycles. The molecule has 0 radical (unpaired) electrons. The fourth-order valence-corrected chi connectivity index (χ4v) is 2.51. The van der Waals surface area contributed by atoms with Gasteiger partial charge in [-0.1, -0.05) is 12.1 Å². The van der Waals surface area contributed by atoms with E-state index in [4.69, 9.17) is 28.3 Å². The van der Waals surface area contributed by atoms with Crippen LogP contribution < -0.4 is 10.2 Å². The number of carboxylic acids is 1. The van der Waals surface area contributed by atoms with Crippen LogP contribution in [-0.4, -0.2) is 47.9 Å². The zero-order valence-electron chi connectivity index (χ0n) is 12.4. The number of aliphatic carboxylic acids is 1. The number of carboxylic acid groups (broad SMARTS) is 1. The summed E-state index contributed by atoms with van der Waals surface area (Å²) in [4.78, 5) is 24.2. The Balaban J connectivity index is 2.78. The Kier molecular flexibility index (Phi) is 8.06. The van der Waals surface area contributed by atoms with E-state index in [2.05, 4.69) is 10.2 Å². The number of carbonyl (C=O) groups excluding carboxylic acids is 1. The van der Waals surface area contributed by atoms with Crippen molar-refractivity contribution < 1.29 is 14.7 Å². The van der Waals surface area contributed by atoms with Gasteiger partial charge in [0.15, 0.2) is 0 Å². The van der Waals surface area contributed by atoms with Crippen molar-refractivity contribution in [3.63, 3.8) is 0 Å². The number of alkyl halides is 2. The number of hydrogen-bond donors (Lipinski definition) is 2. The van der Waals surface area contributed by atoms with E-state index in [9.17, 15) is 9.59 Å². The molecule has 0 unspecified atom stereocenters. The Morgan fingerprint density at radius 2 is 1.73 bits per heavy atom. The van der Waals surface area contributed by atoms with Gasteiger partial charge in [-0.2, -0.15) is 0 Å². The highest BCUT2D eigenvalue weighted by Crippen LogP contribution is 2.16. The third kappa shape index (κ3) is 6.12. The number of nitrogens with one attached hydrogen (secondary N) is 1. The Hall–Kier alpha value is -1.46. The minimum atomic E-state index is -1.05. The van der Waals surface area contributed by atoms with E-state index >= 15 is 0 Å². The van der Waals surface area contributed by atoms with Gasteiger partial charge in [0.1, 0.15) is 6.04 Å². The number of amides is 1. The number of anilines is 1. The molecule has 0 bridgehead atoms. The van der Waals surface area contributed by atoms with Crippen molar-refractivity contribution in [1.29, 1.82) is 0 Å². The van der Waals surface area contributed by atoms with Crippen LogP contribution in [0.5, 0.6) is 0 Å². The highest BCUT2D eigenvalue weighted by molar-refractivity contribution is 6.18. The highest BCUT2D eigenvalue weighted by atomic mass is 35.5. The van der Waals surface area contributed by atoms with Crippen LogP contribution in [0.4, 0.5) is 5.69 Å². The molecule has 0 aliphatic rings. The summed E-state index contributed by atoms with van der Waals surface area (Å²) in [7, 11) is 0. The maximum Gasteiger partial charge on any atom is 0.326 e. The van der Waals surface area contributed by atoms with Gasteiger partial charge >= 0.3 is 5.97 Å². The lowest BCUT2D eigenvalue weighted by molar-refractivity contribution is -0.141. The van der Waals surface area contributed by atoms with Crippen LogP contribution in [0.3, 0.4) is 0 Å². The van der Waals surface area contributed by atoms with Crippen LogP contribution in [0.1, 0.15) is 12.5 Å². The first-order valence-electron chi connectivity index (χ1n) is 6.93. The molecule has 5 nitrogen and oxygen atoms in total. The van der Waals surface area contributed by atoms with Gasteiger partial charge in [0.2, 0.25) is 5.91 Å². The minimum Gasteiger partial charge on any atom is -0.480 e. The molecule has 1 rings (SSSR count). The Morgan fingerprint density at radius 3 is 2.14 bits per heavy atom. The average Bonchev–Trinajstić information content (AvgIpc) is 2.46. The molecule has 1 amide bonds. The lowest BCUT2D eigenvalue weighted by Crippen LogP contribution is -2.41. The second-order valence-electron chi connectivity index (χ2n) is 4.83. The summed E-state index contributed by atoms with van der Waals surface area (Å²) in [6.07, 6.45) is 0.236. The van der Waals surface area contributed by atoms with Gasteiger partial charge in [0, 0.05) is 43.9 Å². The minimum absolute atomic E-state index is 0.236. The third-order valence-corrected chi connectivity index (χ3v) is 3.46. The van der Waals surface area contributed by atoms with Gasteiger partial charge in [-0.15, -0.1) is 23.2 Å². The van der Waals surface area contributed by atoms with Crippen LogP contribution in [0, 0.1) is 0 Å². The van der Waals surface area contributed by atoms with Crippen LogP contribution in [0.25, 0.3) is 0 Å². The molecule has 7 heteroatoms. The van der Waals surface area contributed by atoms with E-state index in [0.717, 1.165) is 11.3 Å². The first-order valence-corrected chi connectivity index (χ1v) is 8.00. The standard InChI is InChI=1S/C15H20Cl2N2O3/c1-11(20)18-14(15(21)22)10-12-2-4-13(5-3-12)19(8-6-16)9-7-17/h2-5,14H,6-10H2,1H3,(H,18,20)(H,21,22)/t14-/m0/s1. The highest BCUT2D eigenvalue weighted by Gasteiger charge is 2.18. The van der Waals surface area contributed by atoms with E-state index in [0.29, 0.717) is 24.8 Å². The lowest BCUT2D eigenvalue weighted by Gasteiger charge is -2.23. The summed E-state index contributed by atoms with van der Waals surface area (Å²) in [5, 5.41) is 11.5. The van der Waals surface area contributed by atoms with Crippen molar-refractivity contribution in [1.82, 2.24) is 5.32 Å². The molecular weight excluding hydrogens is 327 g/mol. The van der Waals surface area contributed by atoms with Crippen LogP contribution >= 0.6 is 23.2 Å². The second kappa shape index (κ2) is 9.54. The van der Waals surface area contributed by atoms with E-state index < -0.39 is 12.0 Å². The molecule has 22 heavy (non-hydrogen) atoms. The molecule has 1 aromatic rings. The van der Waals surface area contributed by atoms with Crippen molar-refractivity contribution in [2.75, 3.05) is 29.7 Å². The van der Waals surface area contributed by atoms with Gasteiger partial charge < -0.3 is 15.3 Å². The molecule has 0 heterocycles. The summed E-state index contributed by atoms with van der Waals surface area (Å²) < 4.78 is 0. The zero-order chi connectivity index (χ0) is 16.5. The number of nitrogens with zero attached hydrogens (tertiary/aromatic N) is 1. The number of rotatable bonds is 9. The van der Waals surface area contributed by atoms with Gasteiger partial charge in [-0.3, -0.25) is 4.79 Å². The molecule has 0 aliphatic heterocycles. The number of carbonyl (C=O) groups is 2. The maximum absolute atomic E-state index is 11.1. The van der Waals surface area contributed by atoms with Crippen molar-refractivity contribution >= 4 is 40.8 Å². The number of halogens is 2. The number of hydrogen-bond acceptors (Lipinski definition) is 3. The Morgan fingerprint density at radius 1 is 1.18 bits per heavy atom. The van der Waals surface area contributed by atoms with Gasteiger partial charge in [0.05, 0.1) is 0 Å². The zero-order valence-corrected chi connectivity index (χ0v) is 13.9. The molecule has 0 saturated carbocycles. The topological polar surface area (TPSA) is 69.6 Å². The van der Waals surface area contributed by atoms with E-state index in [1.54, 1.807) is 0 Å². The maximum atomic E-state index is 11.1. The fourth-order valence-electron chi connectivity index (χ4n) is 2.10. The summed E-state index contributed by atoms with van der Waals surface area (Å²) >= 11 is 11.6. The molecule has 0 spiro atoms. The van der Waals surface area contributed by atoms with Crippen LogP contribution in [0.2, 0.25) is 0 Å². The Bertz CT molecular complexity index is 488. The predicted molar refractivity (Wildman–Crippen MR) is 89.0 cm³/mol. The van der Waals surface area contributed by atoms with E-state index in [1.807, 2.05) is 24.3 Å². The van der Waals surface area contributed by atoms with Crippen molar-refractivity contribution in [3.05, 3.63) is 29.8 Å². The SMILES string of the molecule is CC(=O)N[C@@H](Cc1ccc(N(CCCl)CCCl)cc1)C(=O)O. The molecule has 122 valence electrons. The smallest absolute Gasteiger partial charge is 0.326 e. The summed E-state index contributed by atoms with van der Waals surface area (Å²) in [6, 6.07) is 6.58. The van der Waals surface area contributed by atoms with Crippen molar-refractivity contribution in [3.8, 4) is 0 Å². The largest absolute Gasteiger partial charge is 0.480 e. The molecule has 0 fully saturated rings. The molecule has 0 aliphatic carbocycles. The fraction of sp³-hybridized carbons (Fsp3) is 0.467. The van der Waals surface area contributed by atoms with E-state index in [-0.39, 0.29) is 12.3 Å². The van der Waals surface area contributed by atoms with Crippen LogP contribution in [-0.2, 0) is 16.0 Å². The van der Waals surface area contributed by atoms with Crippen molar-refractivity contribution in [2.45, 2.75) is 19.4 Å². The molecule has 1 atom stereocenters. The first kappa shape index (κ1) is 18.6. The van der Waals surface area contributed by atoms with Gasteiger partial charge in [0.25, 0.3) is 0 Å². The predicted octanol–water partition coefficient (Wildman–Crippen LogP) is 2.10. The average molecular weight is 347 g/mol. The summed E-state index contributed by atoms with van der Waals surface area (Å²) in [5.41, 5.74) is 1.82. The van der Waals surface area contributed by atoms with Crippen LogP contribution in [0.15, 0.2) is 24.3 Å². The molecule has 0 aromatic heterocycles. The van der Waals surface area contributed by atoms with Gasteiger partial charge in [-0.25, -0.2) is 4.79 Å². The third-order valence-electron chi connectivity index (χ3n) is 3.13. The Labute approximate surface area is 140 Å². The quantitative estimate of drug-likeness (QED) is 0.672. The first-order chi connectivity index (χ1) is 10.5. The summed E-state index contributed by atoms with van der Waals surface area (Å²) in [5.74, 6) is -0.408.